The second-order valence-electron chi connectivity index (χ2n) is 8.27. The van der Waals surface area contributed by atoms with Crippen LogP contribution in [0.1, 0.15) is 39.6 Å². The Kier molecular flexibility index (Phi) is 6.21. The quantitative estimate of drug-likeness (QED) is 0.379. The van der Waals surface area contributed by atoms with Crippen LogP contribution in [-0.2, 0) is 4.74 Å². The maximum Gasteiger partial charge on any atom is 0.229 e. The van der Waals surface area contributed by atoms with Gasteiger partial charge in [0.2, 0.25) is 6.29 Å². The van der Waals surface area contributed by atoms with Crippen LogP contribution in [0.3, 0.4) is 0 Å². The minimum absolute atomic E-state index is 0.0167. The summed E-state index contributed by atoms with van der Waals surface area (Å²) in [5.41, 5.74) is 1.27. The van der Waals surface area contributed by atoms with Gasteiger partial charge in [0.05, 0.1) is 13.0 Å². The number of benzene rings is 2. The lowest BCUT2D eigenvalue weighted by atomic mass is 9.92. The molecule has 10 nitrogen and oxygen atoms in total. The molecule has 4 rings (SSSR count). The van der Waals surface area contributed by atoms with E-state index in [1.807, 2.05) is 0 Å². The molecule has 0 bridgehead atoms. The number of phenolic OH excluding ortho intramolecular Hbond substituents is 2. The molecule has 1 saturated heterocycles. The molecular formula is C23H26O10. The standard InChI is InChI=1S/C23H26O10/c1-9-17(26)10(2)22-16(18(9)27)13(25)7-14(32-22)11-3-5-12(6-4-11)31-23-21(30)20(29)19(28)15(8-24)33-23/h3-6,14-15,19-21,23-24,26-30H,7-8H2,1-2H3. The molecule has 0 saturated carbocycles. The van der Waals surface area contributed by atoms with Gasteiger partial charge in [0, 0.05) is 11.1 Å². The predicted octanol–water partition coefficient (Wildman–Crippen LogP) is 0.600. The Morgan fingerprint density at radius 2 is 1.64 bits per heavy atom. The maximum absolute atomic E-state index is 12.7. The number of ketones is 1. The molecule has 0 amide bonds. The predicted molar refractivity (Wildman–Crippen MR) is 112 cm³/mol. The lowest BCUT2D eigenvalue weighted by Crippen LogP contribution is -2.60. The van der Waals surface area contributed by atoms with Crippen LogP contribution in [0.15, 0.2) is 24.3 Å². The number of carbonyl (C=O) groups excluding carboxylic acids is 1. The Morgan fingerprint density at radius 1 is 0.970 bits per heavy atom. The average molecular weight is 462 g/mol. The van der Waals surface area contributed by atoms with Crippen LogP contribution < -0.4 is 9.47 Å². The zero-order chi connectivity index (χ0) is 24.0. The van der Waals surface area contributed by atoms with E-state index >= 15 is 0 Å². The van der Waals surface area contributed by atoms with Crippen LogP contribution >= 0.6 is 0 Å². The van der Waals surface area contributed by atoms with Crippen molar-refractivity contribution in [2.45, 2.75) is 57.1 Å². The Labute approximate surface area is 189 Å². The second-order valence-corrected chi connectivity index (χ2v) is 8.27. The molecule has 2 aromatic carbocycles. The molecular weight excluding hydrogens is 436 g/mol. The fourth-order valence-corrected chi connectivity index (χ4v) is 4.09. The Bertz CT molecular complexity index is 1050. The maximum atomic E-state index is 12.7. The number of phenols is 2. The van der Waals surface area contributed by atoms with Crippen molar-refractivity contribution in [2.24, 2.45) is 0 Å². The normalized spacial score (nSPS) is 29.3. The average Bonchev–Trinajstić information content (AvgIpc) is 2.81. The third-order valence-corrected chi connectivity index (χ3v) is 6.13. The van der Waals surface area contributed by atoms with Gasteiger partial charge in [0.25, 0.3) is 0 Å². The lowest BCUT2D eigenvalue weighted by molar-refractivity contribution is -0.277. The topological polar surface area (TPSA) is 166 Å². The third-order valence-electron chi connectivity index (χ3n) is 6.13. The molecule has 178 valence electrons. The number of ether oxygens (including phenoxy) is 3. The number of rotatable bonds is 4. The molecule has 1 fully saturated rings. The van der Waals surface area contributed by atoms with Gasteiger partial charge in [-0.05, 0) is 31.5 Å². The molecule has 6 unspecified atom stereocenters. The van der Waals surface area contributed by atoms with E-state index in [4.69, 9.17) is 14.2 Å². The van der Waals surface area contributed by atoms with Gasteiger partial charge in [0.1, 0.15) is 59.1 Å². The summed E-state index contributed by atoms with van der Waals surface area (Å²) in [5.74, 6) is -0.333. The van der Waals surface area contributed by atoms with Crippen LogP contribution in [0.5, 0.6) is 23.0 Å². The zero-order valence-corrected chi connectivity index (χ0v) is 18.0. The molecule has 33 heavy (non-hydrogen) atoms. The van der Waals surface area contributed by atoms with E-state index < -0.39 is 43.4 Å². The Hall–Kier alpha value is -2.89. The van der Waals surface area contributed by atoms with E-state index in [0.717, 1.165) is 0 Å². The Morgan fingerprint density at radius 3 is 2.27 bits per heavy atom. The third kappa shape index (κ3) is 4.00. The molecule has 0 aliphatic carbocycles. The summed E-state index contributed by atoms with van der Waals surface area (Å²) in [6.45, 7) is 2.56. The van der Waals surface area contributed by atoms with Crippen LogP contribution in [0.2, 0.25) is 0 Å². The summed E-state index contributed by atoms with van der Waals surface area (Å²) in [6, 6.07) is 6.39. The van der Waals surface area contributed by atoms with E-state index in [9.17, 15) is 35.4 Å². The van der Waals surface area contributed by atoms with Gasteiger partial charge in [-0.15, -0.1) is 0 Å². The van der Waals surface area contributed by atoms with Gasteiger partial charge in [0.15, 0.2) is 5.78 Å². The van der Waals surface area contributed by atoms with Crippen LogP contribution in [0.4, 0.5) is 0 Å². The summed E-state index contributed by atoms with van der Waals surface area (Å²) in [4.78, 5) is 12.7. The highest BCUT2D eigenvalue weighted by molar-refractivity contribution is 6.03. The molecule has 6 N–H and O–H groups in total. The molecule has 0 spiro atoms. The van der Waals surface area contributed by atoms with Crippen molar-refractivity contribution in [3.63, 3.8) is 0 Å². The number of aliphatic hydroxyl groups excluding tert-OH is 4. The van der Waals surface area contributed by atoms with Crippen LogP contribution in [0.25, 0.3) is 0 Å². The van der Waals surface area contributed by atoms with Crippen molar-refractivity contribution in [2.75, 3.05) is 6.61 Å². The molecule has 2 aliphatic heterocycles. The minimum Gasteiger partial charge on any atom is -0.507 e. The fraction of sp³-hybridized carbons (Fsp3) is 0.435. The van der Waals surface area contributed by atoms with Crippen LogP contribution in [0, 0.1) is 13.8 Å². The second kappa shape index (κ2) is 8.81. The van der Waals surface area contributed by atoms with E-state index in [1.165, 1.54) is 6.92 Å². The van der Waals surface area contributed by atoms with E-state index in [2.05, 4.69) is 0 Å². The summed E-state index contributed by atoms with van der Waals surface area (Å²) < 4.78 is 16.9. The summed E-state index contributed by atoms with van der Waals surface area (Å²) in [7, 11) is 0. The molecule has 2 aromatic rings. The Balaban J connectivity index is 1.52. The number of fused-ring (bicyclic) bond motifs is 1. The molecule has 2 heterocycles. The van der Waals surface area contributed by atoms with E-state index in [-0.39, 0.29) is 46.3 Å². The van der Waals surface area contributed by atoms with E-state index in [1.54, 1.807) is 31.2 Å². The molecule has 2 aliphatic rings. The van der Waals surface area contributed by atoms with Gasteiger partial charge in [-0.2, -0.15) is 0 Å². The zero-order valence-electron chi connectivity index (χ0n) is 18.0. The largest absolute Gasteiger partial charge is 0.507 e. The number of hydrogen-bond donors (Lipinski definition) is 6. The summed E-state index contributed by atoms with van der Waals surface area (Å²) in [6.07, 6.45) is -7.66. The molecule has 6 atom stereocenters. The monoisotopic (exact) mass is 462 g/mol. The van der Waals surface area contributed by atoms with Gasteiger partial charge in [-0.25, -0.2) is 0 Å². The van der Waals surface area contributed by atoms with Crippen molar-refractivity contribution >= 4 is 5.78 Å². The molecule has 0 radical (unpaired) electrons. The van der Waals surface area contributed by atoms with Gasteiger partial charge in [-0.1, -0.05) is 12.1 Å². The van der Waals surface area contributed by atoms with Crippen molar-refractivity contribution in [3.05, 3.63) is 46.5 Å². The highest BCUT2D eigenvalue weighted by atomic mass is 16.7. The number of aromatic hydroxyl groups is 2. The van der Waals surface area contributed by atoms with Crippen molar-refractivity contribution in [1.82, 2.24) is 0 Å². The number of carbonyl (C=O) groups is 1. The van der Waals surface area contributed by atoms with Crippen molar-refractivity contribution in [1.29, 1.82) is 0 Å². The molecule has 10 heteroatoms. The first kappa shape index (κ1) is 23.3. The summed E-state index contributed by atoms with van der Waals surface area (Å²) in [5, 5.41) is 59.7. The smallest absolute Gasteiger partial charge is 0.229 e. The first-order chi connectivity index (χ1) is 15.6. The first-order valence-electron chi connectivity index (χ1n) is 10.5. The van der Waals surface area contributed by atoms with Crippen molar-refractivity contribution in [3.8, 4) is 23.0 Å². The number of hydrogen-bond acceptors (Lipinski definition) is 10. The lowest BCUT2D eigenvalue weighted by Gasteiger charge is -2.39. The number of Topliss-reactive ketones (excluding diaryl/α,β-unsaturated/α-hetero) is 1. The minimum atomic E-state index is -1.55. The van der Waals surface area contributed by atoms with Crippen LogP contribution in [-0.4, -0.2) is 73.7 Å². The van der Waals surface area contributed by atoms with Gasteiger partial charge < -0.3 is 44.8 Å². The first-order valence-corrected chi connectivity index (χ1v) is 10.5. The van der Waals surface area contributed by atoms with E-state index in [0.29, 0.717) is 11.1 Å². The van der Waals surface area contributed by atoms with Gasteiger partial charge in [-0.3, -0.25) is 4.79 Å². The summed E-state index contributed by atoms with van der Waals surface area (Å²) >= 11 is 0. The fourth-order valence-electron chi connectivity index (χ4n) is 4.09. The highest BCUT2D eigenvalue weighted by Gasteiger charge is 2.44. The SMILES string of the molecule is Cc1c(O)c(C)c2c(c1O)C(=O)CC(c1ccc(OC3OC(CO)C(O)C(O)C3O)cc1)O2. The number of aliphatic hydroxyl groups is 4. The van der Waals surface area contributed by atoms with Gasteiger partial charge >= 0.3 is 0 Å². The van der Waals surface area contributed by atoms with Crippen molar-refractivity contribution < 1.29 is 49.6 Å². The highest BCUT2D eigenvalue weighted by Crippen LogP contribution is 2.47. The molecule has 0 aromatic heterocycles.